The molecular formula is C33H35FN6O4S. The van der Waals surface area contributed by atoms with Crippen LogP contribution in [0.4, 0.5) is 4.39 Å². The number of hydrogen-bond acceptors (Lipinski definition) is 9. The second-order valence-corrected chi connectivity index (χ2v) is 14.4. The summed E-state index contributed by atoms with van der Waals surface area (Å²) in [7, 11) is 1.65. The fraction of sp³-hybridized carbons (Fsp3) is 0.515. The molecule has 3 aromatic rings. The molecule has 1 aromatic carbocycles. The second kappa shape index (κ2) is 10.6. The molecule has 2 heterocycles. The molecule has 3 fully saturated rings. The van der Waals surface area contributed by atoms with Crippen molar-refractivity contribution in [2.45, 2.75) is 64.1 Å². The smallest absolute Gasteiger partial charge is 0.361 e. The molecule has 4 aliphatic rings. The summed E-state index contributed by atoms with van der Waals surface area (Å²) in [5.41, 5.74) is 1.46. The lowest BCUT2D eigenvalue weighted by Crippen LogP contribution is -2.62. The van der Waals surface area contributed by atoms with Crippen molar-refractivity contribution >= 4 is 28.9 Å². The molecule has 4 aliphatic carbocycles. The molecule has 0 saturated heterocycles. The fourth-order valence-electron chi connectivity index (χ4n) is 9.37. The van der Waals surface area contributed by atoms with E-state index in [1.807, 2.05) is 23.9 Å². The maximum absolute atomic E-state index is 14.0. The highest BCUT2D eigenvalue weighted by Crippen LogP contribution is 2.69. The Morgan fingerprint density at radius 1 is 1.24 bits per heavy atom. The van der Waals surface area contributed by atoms with Crippen LogP contribution in [0, 0.1) is 45.7 Å². The SMILES string of the molecule is Cn1cc(C(=O)O[C@]2(C(=O)SCC#N)CC[C@H]3[C@@H]4CCC5=Cc6c(cnn6-c6ccc(F)cc6)C[C@]5(C)[C@H]4[C@@H](O)C[C@@]32C)nn1. The van der Waals surface area contributed by atoms with E-state index in [0.29, 0.717) is 19.3 Å². The number of hydrogen-bond donors (Lipinski definition) is 1. The molecule has 0 aliphatic heterocycles. The third-order valence-electron chi connectivity index (χ3n) is 11.3. The van der Waals surface area contributed by atoms with E-state index in [-0.39, 0.29) is 52.0 Å². The molecule has 7 atom stereocenters. The van der Waals surface area contributed by atoms with Crippen LogP contribution >= 0.6 is 11.8 Å². The molecule has 12 heteroatoms. The Morgan fingerprint density at radius 3 is 2.73 bits per heavy atom. The average Bonchev–Trinajstić information content (AvgIpc) is 3.70. The summed E-state index contributed by atoms with van der Waals surface area (Å²) in [6.07, 6.45) is 8.42. The predicted octanol–water partition coefficient (Wildman–Crippen LogP) is 4.67. The first-order chi connectivity index (χ1) is 21.5. The number of aliphatic hydroxyl groups excluding tert-OH is 1. The van der Waals surface area contributed by atoms with Crippen LogP contribution < -0.4 is 0 Å². The molecule has 2 aromatic heterocycles. The van der Waals surface area contributed by atoms with E-state index in [9.17, 15) is 24.3 Å². The number of thioether (sulfide) groups is 1. The van der Waals surface area contributed by atoms with Crippen molar-refractivity contribution in [1.82, 2.24) is 24.8 Å². The number of benzene rings is 1. The normalized spacial score (nSPS) is 33.2. The van der Waals surface area contributed by atoms with E-state index in [0.717, 1.165) is 41.5 Å². The van der Waals surface area contributed by atoms with Gasteiger partial charge in [-0.15, -0.1) is 5.10 Å². The van der Waals surface area contributed by atoms with Crippen molar-refractivity contribution < 1.29 is 23.8 Å². The van der Waals surface area contributed by atoms with Gasteiger partial charge in [0.1, 0.15) is 5.82 Å². The molecule has 45 heavy (non-hydrogen) atoms. The Bertz CT molecular complexity index is 1760. The second-order valence-electron chi connectivity index (χ2n) is 13.5. The number of aliphatic hydroxyl groups is 1. The lowest BCUT2D eigenvalue weighted by atomic mass is 9.45. The van der Waals surface area contributed by atoms with Crippen LogP contribution in [-0.4, -0.2) is 58.4 Å². The molecule has 0 radical (unpaired) electrons. The van der Waals surface area contributed by atoms with E-state index in [2.05, 4.69) is 28.4 Å². The molecule has 10 nitrogen and oxygen atoms in total. The van der Waals surface area contributed by atoms with Crippen LogP contribution in [-0.2, 0) is 23.0 Å². The highest BCUT2D eigenvalue weighted by molar-refractivity contribution is 8.14. The van der Waals surface area contributed by atoms with Crippen LogP contribution in [0.15, 0.2) is 42.2 Å². The molecule has 0 unspecified atom stereocenters. The van der Waals surface area contributed by atoms with Gasteiger partial charge in [-0.1, -0.05) is 36.4 Å². The van der Waals surface area contributed by atoms with Gasteiger partial charge in [0.05, 0.1) is 41.7 Å². The van der Waals surface area contributed by atoms with Gasteiger partial charge in [-0.05, 0) is 97.6 Å². The van der Waals surface area contributed by atoms with Crippen molar-refractivity contribution in [3.63, 3.8) is 0 Å². The largest absolute Gasteiger partial charge is 0.445 e. The van der Waals surface area contributed by atoms with E-state index in [4.69, 9.17) is 4.74 Å². The summed E-state index contributed by atoms with van der Waals surface area (Å²) < 4.78 is 23.1. The summed E-state index contributed by atoms with van der Waals surface area (Å²) in [5.74, 6) is -1.03. The third-order valence-corrected chi connectivity index (χ3v) is 12.2. The van der Waals surface area contributed by atoms with Crippen molar-refractivity contribution in [1.29, 1.82) is 5.26 Å². The number of halogens is 1. The Balaban J connectivity index is 1.23. The van der Waals surface area contributed by atoms with Gasteiger partial charge in [0.2, 0.25) is 5.12 Å². The molecule has 3 saturated carbocycles. The standard InChI is InChI=1S/C33H35FN6O4S/c1-31-15-19-17-36-40(22-7-5-21(34)6-8-22)26(19)14-20(31)4-9-23-24-10-11-33(30(43)45-13-12-35,32(24,2)16-27(41)28(23)31)44-29(42)25-18-39(3)38-37-25/h5-8,14,17-18,23-24,27-28,41H,4,9-11,13,15-16H2,1-3H3/t23-,24-,27-,28+,31-,32-,33-/m0/s1. The van der Waals surface area contributed by atoms with Gasteiger partial charge in [-0.25, -0.2) is 13.9 Å². The van der Waals surface area contributed by atoms with Gasteiger partial charge in [-0.2, -0.15) is 10.4 Å². The van der Waals surface area contributed by atoms with Crippen LogP contribution in [0.25, 0.3) is 11.8 Å². The number of aromatic nitrogens is 5. The first kappa shape index (κ1) is 29.9. The van der Waals surface area contributed by atoms with Gasteiger partial charge in [-0.3, -0.25) is 9.48 Å². The number of ether oxygens (including phenoxy) is 1. The number of esters is 1. The monoisotopic (exact) mass is 630 g/mol. The number of rotatable bonds is 5. The number of carbonyl (C=O) groups excluding carboxylic acids is 2. The highest BCUT2D eigenvalue weighted by Gasteiger charge is 2.70. The van der Waals surface area contributed by atoms with Crippen molar-refractivity contribution in [3.8, 4) is 11.8 Å². The molecule has 234 valence electrons. The Labute approximate surface area is 264 Å². The fourth-order valence-corrected chi connectivity index (χ4v) is 10.2. The average molecular weight is 631 g/mol. The van der Waals surface area contributed by atoms with Crippen LogP contribution in [0.1, 0.15) is 67.7 Å². The number of nitriles is 1. The van der Waals surface area contributed by atoms with Gasteiger partial charge >= 0.3 is 5.97 Å². The number of carbonyl (C=O) groups is 2. The summed E-state index contributed by atoms with van der Waals surface area (Å²) >= 11 is 0.871. The highest BCUT2D eigenvalue weighted by atomic mass is 32.2. The van der Waals surface area contributed by atoms with Crippen molar-refractivity contribution in [3.05, 3.63) is 65.0 Å². The zero-order valence-electron chi connectivity index (χ0n) is 25.4. The zero-order valence-corrected chi connectivity index (χ0v) is 26.3. The van der Waals surface area contributed by atoms with Gasteiger partial charge < -0.3 is 9.84 Å². The topological polar surface area (TPSA) is 136 Å². The third kappa shape index (κ3) is 4.41. The van der Waals surface area contributed by atoms with E-state index in [1.54, 1.807) is 19.2 Å². The maximum Gasteiger partial charge on any atom is 0.361 e. The first-order valence-electron chi connectivity index (χ1n) is 15.4. The number of fused-ring (bicyclic) bond motifs is 6. The molecule has 0 spiro atoms. The van der Waals surface area contributed by atoms with Crippen LogP contribution in [0.2, 0.25) is 0 Å². The minimum absolute atomic E-state index is 0.00962. The van der Waals surface area contributed by atoms with Crippen molar-refractivity contribution in [2.24, 2.45) is 35.6 Å². The zero-order chi connectivity index (χ0) is 31.7. The summed E-state index contributed by atoms with van der Waals surface area (Å²) in [6.45, 7) is 4.22. The van der Waals surface area contributed by atoms with E-state index in [1.165, 1.54) is 28.6 Å². The van der Waals surface area contributed by atoms with E-state index >= 15 is 0 Å². The summed E-state index contributed by atoms with van der Waals surface area (Å²) in [4.78, 5) is 27.4. The number of nitrogens with zero attached hydrogens (tertiary/aromatic N) is 6. The van der Waals surface area contributed by atoms with Gasteiger partial charge in [0, 0.05) is 12.5 Å². The van der Waals surface area contributed by atoms with Crippen LogP contribution in [0.5, 0.6) is 0 Å². The molecule has 7 rings (SSSR count). The minimum Gasteiger partial charge on any atom is -0.445 e. The molecule has 0 amide bonds. The number of allylic oxidation sites excluding steroid dienone is 1. The summed E-state index contributed by atoms with van der Waals surface area (Å²) in [6, 6.07) is 8.32. The lowest BCUT2D eigenvalue weighted by Gasteiger charge is -2.60. The Kier molecular flexibility index (Phi) is 7.05. The quantitative estimate of drug-likeness (QED) is 0.399. The van der Waals surface area contributed by atoms with Crippen molar-refractivity contribution in [2.75, 3.05) is 5.75 Å². The molecule has 0 bridgehead atoms. The Hall–Kier alpha value is -3.82. The van der Waals surface area contributed by atoms with E-state index < -0.39 is 23.1 Å². The molecule has 1 N–H and O–H groups in total. The summed E-state index contributed by atoms with van der Waals surface area (Å²) in [5, 5.41) is 33.4. The first-order valence-corrected chi connectivity index (χ1v) is 16.3. The lowest BCUT2D eigenvalue weighted by molar-refractivity contribution is -0.174. The predicted molar refractivity (Wildman–Crippen MR) is 163 cm³/mol. The Morgan fingerprint density at radius 2 is 2.02 bits per heavy atom. The van der Waals surface area contributed by atoms with Gasteiger partial charge in [0.25, 0.3) is 0 Å². The minimum atomic E-state index is -1.51. The molecular weight excluding hydrogens is 595 g/mol. The van der Waals surface area contributed by atoms with Crippen LogP contribution in [0.3, 0.4) is 0 Å². The maximum atomic E-state index is 14.0. The number of aryl methyl sites for hydroxylation is 1. The van der Waals surface area contributed by atoms with Gasteiger partial charge in [0.15, 0.2) is 11.3 Å².